The Kier molecular flexibility index (Phi) is 11.3. The molecule has 0 unspecified atom stereocenters. The van der Waals surface area contributed by atoms with Crippen LogP contribution in [0.3, 0.4) is 0 Å². The molecule has 0 spiro atoms. The van der Waals surface area contributed by atoms with Gasteiger partial charge in [0.15, 0.2) is 0 Å². The first-order valence-corrected chi connectivity index (χ1v) is 5.44. The first kappa shape index (κ1) is 22.0. The number of rotatable bonds is 4. The molecule has 0 aromatic carbocycles. The summed E-state index contributed by atoms with van der Waals surface area (Å²) in [5, 5.41) is 20.3. The van der Waals surface area contributed by atoms with Crippen molar-refractivity contribution < 1.29 is 19.8 Å². The number of carboxylic acids is 2. The van der Waals surface area contributed by atoms with Crippen molar-refractivity contribution >= 4 is 35.8 Å². The number of carbonyl (C=O) groups is 2. The van der Waals surface area contributed by atoms with Crippen LogP contribution < -0.4 is 10.2 Å². The van der Waals surface area contributed by atoms with Gasteiger partial charge in [-0.25, -0.2) is 0 Å². The molecule has 0 aromatic heterocycles. The van der Waals surface area contributed by atoms with Gasteiger partial charge < -0.3 is 19.8 Å². The molecule has 0 aromatic rings. The second-order valence-corrected chi connectivity index (χ2v) is 5.05. The van der Waals surface area contributed by atoms with E-state index in [1.165, 1.54) is 0 Å². The van der Waals surface area contributed by atoms with Gasteiger partial charge in [-0.05, 0) is 12.8 Å². The molecule has 4 nitrogen and oxygen atoms in total. The molecule has 0 radical (unpaired) electrons. The van der Waals surface area contributed by atoms with Crippen molar-refractivity contribution in [3.05, 3.63) is 0 Å². The van der Waals surface area contributed by atoms with E-state index in [1.807, 2.05) is 13.8 Å². The Labute approximate surface area is 121 Å². The molecule has 0 saturated carbocycles. The minimum atomic E-state index is -0.972. The van der Waals surface area contributed by atoms with Crippen molar-refractivity contribution in [2.75, 3.05) is 0 Å². The molecular weight excluding hydrogens is 327 g/mol. The Morgan fingerprint density at radius 1 is 0.824 bits per heavy atom. The van der Waals surface area contributed by atoms with Crippen molar-refractivity contribution in [1.82, 2.24) is 0 Å². The number of carboxylic acid groups (broad SMARTS) is 2. The molecule has 0 atom stereocenters. The summed E-state index contributed by atoms with van der Waals surface area (Å²) in [6.07, 6.45) is 1.24. The van der Waals surface area contributed by atoms with Gasteiger partial charge in [0.1, 0.15) is 0 Å². The van der Waals surface area contributed by atoms with Gasteiger partial charge in [0.25, 0.3) is 0 Å². The van der Waals surface area contributed by atoms with E-state index in [0.717, 1.165) is 0 Å². The summed E-state index contributed by atoms with van der Waals surface area (Å²) >= 11 is 0. The Morgan fingerprint density at radius 2 is 1.00 bits per heavy atom. The van der Waals surface area contributed by atoms with Gasteiger partial charge in [0, 0.05) is 22.8 Å². The van der Waals surface area contributed by atoms with E-state index >= 15 is 0 Å². The SMILES string of the molecule is CCC(C)(C)C(=O)[O-].CCC(C)(C)C(=O)[O-].[SnH2+2]. The van der Waals surface area contributed by atoms with E-state index < -0.39 is 22.8 Å². The molecule has 0 heterocycles. The van der Waals surface area contributed by atoms with E-state index in [2.05, 4.69) is 0 Å². The van der Waals surface area contributed by atoms with Crippen LogP contribution in [0.1, 0.15) is 54.4 Å². The van der Waals surface area contributed by atoms with Gasteiger partial charge in [-0.2, -0.15) is 0 Å². The third-order valence-electron chi connectivity index (χ3n) is 2.87. The van der Waals surface area contributed by atoms with E-state index in [4.69, 9.17) is 0 Å². The zero-order chi connectivity index (χ0) is 13.6. The molecular formula is C12H24O4Sn. The van der Waals surface area contributed by atoms with Crippen molar-refractivity contribution in [3.63, 3.8) is 0 Å². The Balaban J connectivity index is -0.000000218. The summed E-state index contributed by atoms with van der Waals surface area (Å²) in [5.74, 6) is -1.94. The molecule has 0 aliphatic carbocycles. The summed E-state index contributed by atoms with van der Waals surface area (Å²) in [6, 6.07) is 0. The Morgan fingerprint density at radius 3 is 1.00 bits per heavy atom. The van der Waals surface area contributed by atoms with Crippen LogP contribution in [-0.2, 0) is 9.59 Å². The first-order valence-electron chi connectivity index (χ1n) is 5.44. The predicted molar refractivity (Wildman–Crippen MR) is 66.7 cm³/mol. The van der Waals surface area contributed by atoms with Gasteiger partial charge in [-0.1, -0.05) is 41.5 Å². The van der Waals surface area contributed by atoms with Crippen LogP contribution in [0, 0.1) is 10.8 Å². The normalized spacial score (nSPS) is 10.7. The van der Waals surface area contributed by atoms with Crippen molar-refractivity contribution in [2.45, 2.75) is 54.4 Å². The fraction of sp³-hybridized carbons (Fsp3) is 0.833. The van der Waals surface area contributed by atoms with Crippen LogP contribution in [0.2, 0.25) is 0 Å². The van der Waals surface area contributed by atoms with Gasteiger partial charge in [-0.15, -0.1) is 0 Å². The van der Waals surface area contributed by atoms with E-state index in [9.17, 15) is 19.8 Å². The number of hydrogen-bond donors (Lipinski definition) is 0. The van der Waals surface area contributed by atoms with Crippen LogP contribution >= 0.6 is 0 Å². The number of carbonyl (C=O) groups excluding carboxylic acids is 2. The van der Waals surface area contributed by atoms with Crippen LogP contribution in [0.4, 0.5) is 0 Å². The Hall–Kier alpha value is -0.261. The molecule has 5 heteroatoms. The standard InChI is InChI=1S/2C6H12O2.Sn.2H/c2*1-4-6(2,3)5(7)8;;;/h2*4H2,1-3H3,(H,7,8);;;/q;;+2;;/p-2. The topological polar surface area (TPSA) is 80.3 Å². The monoisotopic (exact) mass is 352 g/mol. The molecule has 0 amide bonds. The van der Waals surface area contributed by atoms with Crippen molar-refractivity contribution in [2.24, 2.45) is 10.8 Å². The summed E-state index contributed by atoms with van der Waals surface area (Å²) in [7, 11) is 0. The minimum absolute atomic E-state index is 0. The van der Waals surface area contributed by atoms with E-state index in [-0.39, 0.29) is 23.9 Å². The van der Waals surface area contributed by atoms with Crippen LogP contribution in [0.25, 0.3) is 0 Å². The first-order chi connectivity index (χ1) is 7.01. The summed E-state index contributed by atoms with van der Waals surface area (Å²) in [4.78, 5) is 20.3. The van der Waals surface area contributed by atoms with Gasteiger partial charge in [-0.3, -0.25) is 0 Å². The average Bonchev–Trinajstić information content (AvgIpc) is 2.18. The number of aliphatic carboxylic acids is 2. The third-order valence-corrected chi connectivity index (χ3v) is 2.87. The van der Waals surface area contributed by atoms with E-state index in [0.29, 0.717) is 12.8 Å². The predicted octanol–water partition coefficient (Wildman–Crippen LogP) is -0.571. The molecule has 0 aliphatic rings. The van der Waals surface area contributed by atoms with Gasteiger partial charge in [0.05, 0.1) is 0 Å². The molecule has 0 aliphatic heterocycles. The maximum atomic E-state index is 10.1. The van der Waals surface area contributed by atoms with Crippen LogP contribution in [0.15, 0.2) is 0 Å². The molecule has 0 fully saturated rings. The summed E-state index contributed by atoms with van der Waals surface area (Å²) < 4.78 is 0. The van der Waals surface area contributed by atoms with E-state index in [1.54, 1.807) is 27.7 Å². The molecule has 0 saturated heterocycles. The van der Waals surface area contributed by atoms with Crippen molar-refractivity contribution in [1.29, 1.82) is 0 Å². The summed E-state index contributed by atoms with van der Waals surface area (Å²) in [5.41, 5.74) is -1.31. The molecule has 100 valence electrons. The Bertz CT molecular complexity index is 221. The molecule has 0 bridgehead atoms. The second kappa shape index (κ2) is 8.78. The fourth-order valence-corrected chi connectivity index (χ4v) is 0.289. The summed E-state index contributed by atoms with van der Waals surface area (Å²) in [6.45, 7) is 10.3. The van der Waals surface area contributed by atoms with Crippen LogP contribution in [0.5, 0.6) is 0 Å². The molecule has 0 rings (SSSR count). The third kappa shape index (κ3) is 9.44. The zero-order valence-electron chi connectivity index (χ0n) is 11.8. The number of hydrogen-bond acceptors (Lipinski definition) is 4. The zero-order valence-corrected chi connectivity index (χ0v) is 15.8. The fourth-order valence-electron chi connectivity index (χ4n) is 0.289. The quantitative estimate of drug-likeness (QED) is 0.636. The second-order valence-electron chi connectivity index (χ2n) is 5.05. The molecule has 0 N–H and O–H groups in total. The maximum absolute atomic E-state index is 10.1. The van der Waals surface area contributed by atoms with Crippen molar-refractivity contribution in [3.8, 4) is 0 Å². The average molecular weight is 351 g/mol. The van der Waals surface area contributed by atoms with Crippen LogP contribution in [-0.4, -0.2) is 35.8 Å². The van der Waals surface area contributed by atoms with Gasteiger partial charge >= 0.3 is 23.9 Å². The molecule has 17 heavy (non-hydrogen) atoms. The van der Waals surface area contributed by atoms with Gasteiger partial charge in [0.2, 0.25) is 0 Å².